The first-order valence-electron chi connectivity index (χ1n) is 7.75. The van der Waals surface area contributed by atoms with Gasteiger partial charge in [0, 0.05) is 30.9 Å². The molecule has 1 aromatic carbocycles. The van der Waals surface area contributed by atoms with Crippen LogP contribution in [-0.2, 0) is 6.54 Å². The fourth-order valence-corrected chi connectivity index (χ4v) is 2.89. The molecule has 6 heteroatoms. The molecule has 0 unspecified atom stereocenters. The van der Waals surface area contributed by atoms with E-state index in [9.17, 15) is 4.79 Å². The monoisotopic (exact) mass is 311 g/mol. The first-order chi connectivity index (χ1) is 11.1. The highest BCUT2D eigenvalue weighted by molar-refractivity contribution is 5.94. The molecule has 0 aliphatic carbocycles. The van der Waals surface area contributed by atoms with Gasteiger partial charge < -0.3 is 10.6 Å². The number of likely N-dealkylation sites (tertiary alicyclic amines) is 1. The molecule has 1 aliphatic rings. The lowest BCUT2D eigenvalue weighted by molar-refractivity contribution is 0.0779. The van der Waals surface area contributed by atoms with Gasteiger partial charge in [-0.05, 0) is 31.7 Å². The third-order valence-electron chi connectivity index (χ3n) is 4.21. The topological polar surface area (TPSA) is 75.4 Å². The van der Waals surface area contributed by atoms with Gasteiger partial charge in [-0.1, -0.05) is 18.2 Å². The maximum atomic E-state index is 12.5. The lowest BCUT2D eigenvalue weighted by Gasteiger charge is -2.24. The van der Waals surface area contributed by atoms with Gasteiger partial charge in [-0.15, -0.1) is 0 Å². The molecule has 120 valence electrons. The molecule has 23 heavy (non-hydrogen) atoms. The first kappa shape index (κ1) is 15.4. The number of carbonyl (C=O) groups is 1. The number of rotatable bonds is 4. The highest BCUT2D eigenvalue weighted by Crippen LogP contribution is 2.18. The van der Waals surface area contributed by atoms with Crippen molar-refractivity contribution in [3.05, 3.63) is 54.0 Å². The van der Waals surface area contributed by atoms with Gasteiger partial charge in [0.05, 0.1) is 6.54 Å². The maximum Gasteiger partial charge on any atom is 0.253 e. The smallest absolute Gasteiger partial charge is 0.253 e. The molecule has 1 atom stereocenters. The standard InChI is InChI=1S/C17H21N5O/c1-21(12-16-19-9-7-15(18)20-16)14-8-10-22(11-14)17(23)13-5-3-2-4-6-13/h2-7,9,14H,8,10-12H2,1H3,(H2,18,19,20)/t14-/m0/s1. The largest absolute Gasteiger partial charge is 0.384 e. The minimum Gasteiger partial charge on any atom is -0.384 e. The van der Waals surface area contributed by atoms with Gasteiger partial charge in [-0.2, -0.15) is 0 Å². The number of anilines is 1. The summed E-state index contributed by atoms with van der Waals surface area (Å²) in [6.07, 6.45) is 2.63. The molecular formula is C17H21N5O. The number of likely N-dealkylation sites (N-methyl/N-ethyl adjacent to an activating group) is 1. The van der Waals surface area contributed by atoms with Crippen LogP contribution in [0.2, 0.25) is 0 Å². The first-order valence-corrected chi connectivity index (χ1v) is 7.75. The van der Waals surface area contributed by atoms with E-state index in [4.69, 9.17) is 5.73 Å². The van der Waals surface area contributed by atoms with Crippen molar-refractivity contribution in [3.63, 3.8) is 0 Å². The van der Waals surface area contributed by atoms with Crippen molar-refractivity contribution >= 4 is 11.7 Å². The molecule has 0 bridgehead atoms. The van der Waals surface area contributed by atoms with Gasteiger partial charge in [-0.25, -0.2) is 9.97 Å². The molecule has 0 saturated carbocycles. The molecule has 6 nitrogen and oxygen atoms in total. The van der Waals surface area contributed by atoms with Crippen LogP contribution >= 0.6 is 0 Å². The van der Waals surface area contributed by atoms with Crippen molar-refractivity contribution in [2.24, 2.45) is 0 Å². The molecule has 2 heterocycles. The quantitative estimate of drug-likeness (QED) is 0.924. The number of benzene rings is 1. The number of nitrogens with two attached hydrogens (primary N) is 1. The van der Waals surface area contributed by atoms with Gasteiger partial charge in [-0.3, -0.25) is 9.69 Å². The molecule has 1 aliphatic heterocycles. The van der Waals surface area contributed by atoms with Crippen LogP contribution in [0.15, 0.2) is 42.6 Å². The summed E-state index contributed by atoms with van der Waals surface area (Å²) < 4.78 is 0. The molecule has 1 fully saturated rings. The number of nitrogen functional groups attached to an aromatic ring is 1. The van der Waals surface area contributed by atoms with Crippen LogP contribution in [0.5, 0.6) is 0 Å². The van der Waals surface area contributed by atoms with E-state index in [1.54, 1.807) is 12.3 Å². The second-order valence-corrected chi connectivity index (χ2v) is 5.87. The van der Waals surface area contributed by atoms with E-state index in [1.807, 2.05) is 42.3 Å². The van der Waals surface area contributed by atoms with E-state index in [-0.39, 0.29) is 5.91 Å². The summed E-state index contributed by atoms with van der Waals surface area (Å²) >= 11 is 0. The van der Waals surface area contributed by atoms with Crippen LogP contribution in [0.1, 0.15) is 22.6 Å². The third kappa shape index (κ3) is 3.65. The van der Waals surface area contributed by atoms with Crippen LogP contribution in [0.4, 0.5) is 5.82 Å². The summed E-state index contributed by atoms with van der Waals surface area (Å²) in [6, 6.07) is 11.4. The van der Waals surface area contributed by atoms with E-state index in [2.05, 4.69) is 14.9 Å². The molecular weight excluding hydrogens is 290 g/mol. The van der Waals surface area contributed by atoms with Crippen molar-refractivity contribution in [3.8, 4) is 0 Å². The predicted octanol–water partition coefficient (Wildman–Crippen LogP) is 1.41. The van der Waals surface area contributed by atoms with E-state index >= 15 is 0 Å². The highest BCUT2D eigenvalue weighted by Gasteiger charge is 2.29. The number of hydrogen-bond donors (Lipinski definition) is 1. The minimum absolute atomic E-state index is 0.0988. The second-order valence-electron chi connectivity index (χ2n) is 5.87. The number of carbonyl (C=O) groups excluding carboxylic acids is 1. The van der Waals surface area contributed by atoms with Gasteiger partial charge in [0.2, 0.25) is 0 Å². The van der Waals surface area contributed by atoms with Crippen molar-refractivity contribution in [2.45, 2.75) is 19.0 Å². The Labute approximate surface area is 135 Å². The maximum absolute atomic E-state index is 12.5. The fourth-order valence-electron chi connectivity index (χ4n) is 2.89. The van der Waals surface area contributed by atoms with Crippen molar-refractivity contribution in [2.75, 3.05) is 25.9 Å². The SMILES string of the molecule is CN(Cc1nccc(N)n1)[C@H]1CCN(C(=O)c2ccccc2)C1. The van der Waals surface area contributed by atoms with E-state index in [1.165, 1.54) is 0 Å². The van der Waals surface area contributed by atoms with Crippen molar-refractivity contribution in [1.29, 1.82) is 0 Å². The minimum atomic E-state index is 0.0988. The molecule has 1 amide bonds. The fraction of sp³-hybridized carbons (Fsp3) is 0.353. The lowest BCUT2D eigenvalue weighted by atomic mass is 10.2. The van der Waals surface area contributed by atoms with Crippen LogP contribution in [0.3, 0.4) is 0 Å². The zero-order valence-electron chi connectivity index (χ0n) is 13.2. The molecule has 2 N–H and O–H groups in total. The second kappa shape index (κ2) is 6.75. The Balaban J connectivity index is 1.60. The van der Waals surface area contributed by atoms with Crippen LogP contribution in [-0.4, -0.2) is 51.9 Å². The van der Waals surface area contributed by atoms with Crippen molar-refractivity contribution in [1.82, 2.24) is 19.8 Å². The predicted molar refractivity (Wildman–Crippen MR) is 88.7 cm³/mol. The lowest BCUT2D eigenvalue weighted by Crippen LogP contribution is -2.36. The number of aromatic nitrogens is 2. The van der Waals surface area contributed by atoms with Gasteiger partial charge in [0.15, 0.2) is 0 Å². The molecule has 3 rings (SSSR count). The molecule has 0 spiro atoms. The zero-order chi connectivity index (χ0) is 16.2. The number of hydrogen-bond acceptors (Lipinski definition) is 5. The molecule has 1 saturated heterocycles. The number of amides is 1. The van der Waals surface area contributed by atoms with Crippen LogP contribution in [0, 0.1) is 0 Å². The van der Waals surface area contributed by atoms with Crippen LogP contribution < -0.4 is 5.73 Å². The average molecular weight is 311 g/mol. The zero-order valence-corrected chi connectivity index (χ0v) is 13.2. The summed E-state index contributed by atoms with van der Waals surface area (Å²) in [5.41, 5.74) is 6.44. The average Bonchev–Trinajstić information content (AvgIpc) is 3.05. The Morgan fingerprint density at radius 1 is 1.35 bits per heavy atom. The third-order valence-corrected chi connectivity index (χ3v) is 4.21. The van der Waals surface area contributed by atoms with E-state index in [0.29, 0.717) is 24.2 Å². The Morgan fingerprint density at radius 3 is 2.87 bits per heavy atom. The Hall–Kier alpha value is -2.47. The highest BCUT2D eigenvalue weighted by atomic mass is 16.2. The Bertz CT molecular complexity index is 676. The van der Waals surface area contributed by atoms with Gasteiger partial charge in [0.1, 0.15) is 11.6 Å². The Kier molecular flexibility index (Phi) is 4.52. The number of nitrogens with zero attached hydrogens (tertiary/aromatic N) is 4. The summed E-state index contributed by atoms with van der Waals surface area (Å²) in [7, 11) is 2.04. The normalized spacial score (nSPS) is 17.7. The Morgan fingerprint density at radius 2 is 2.13 bits per heavy atom. The summed E-state index contributed by atoms with van der Waals surface area (Å²) in [5.74, 6) is 1.29. The molecule has 2 aromatic rings. The molecule has 1 aromatic heterocycles. The van der Waals surface area contributed by atoms with E-state index < -0.39 is 0 Å². The molecule has 0 radical (unpaired) electrons. The van der Waals surface area contributed by atoms with Crippen LogP contribution in [0.25, 0.3) is 0 Å². The van der Waals surface area contributed by atoms with Gasteiger partial charge in [0.25, 0.3) is 5.91 Å². The van der Waals surface area contributed by atoms with E-state index in [0.717, 1.165) is 25.1 Å². The van der Waals surface area contributed by atoms with Gasteiger partial charge >= 0.3 is 0 Å². The summed E-state index contributed by atoms with van der Waals surface area (Å²) in [6.45, 7) is 2.14. The van der Waals surface area contributed by atoms with Crippen molar-refractivity contribution < 1.29 is 4.79 Å². The summed E-state index contributed by atoms with van der Waals surface area (Å²) in [5, 5.41) is 0. The summed E-state index contributed by atoms with van der Waals surface area (Å²) in [4.78, 5) is 25.1.